The van der Waals surface area contributed by atoms with Gasteiger partial charge in [0, 0.05) is 15.3 Å². The molecule has 1 aromatic heterocycles. The highest BCUT2D eigenvalue weighted by molar-refractivity contribution is 7.12. The maximum Gasteiger partial charge on any atom is 0.0879 e. The molecule has 64 valence electrons. The summed E-state index contributed by atoms with van der Waals surface area (Å²) >= 11 is 1.82. The van der Waals surface area contributed by atoms with Crippen molar-refractivity contribution in [3.05, 3.63) is 21.4 Å². The number of aryl methyl sites for hydroxylation is 2. The van der Waals surface area contributed by atoms with Crippen LogP contribution in [0.15, 0.2) is 11.2 Å². The topological polar surface area (TPSA) is 32.6 Å². The van der Waals surface area contributed by atoms with Crippen LogP contribution in [0.25, 0.3) is 0 Å². The summed E-state index contributed by atoms with van der Waals surface area (Å²) in [5.41, 5.74) is 2.03. The standard InChI is InChI=1S/C9H11NOS/c1-6-5-7-8(10-11)3-2-4-9(7)12-6/h5,11H,2-4H2,1H3/b10-8+. The Morgan fingerprint density at radius 1 is 1.50 bits per heavy atom. The Hall–Kier alpha value is -0.830. The SMILES string of the molecule is Cc1cc2c(s1)CCC/C2=N\O. The summed E-state index contributed by atoms with van der Waals surface area (Å²) in [6.45, 7) is 2.10. The lowest BCUT2D eigenvalue weighted by Crippen LogP contribution is -2.08. The predicted molar refractivity (Wildman–Crippen MR) is 50.3 cm³/mol. The summed E-state index contributed by atoms with van der Waals surface area (Å²) in [5, 5.41) is 12.1. The van der Waals surface area contributed by atoms with Crippen LogP contribution in [0.2, 0.25) is 0 Å². The van der Waals surface area contributed by atoms with Crippen LogP contribution in [0.3, 0.4) is 0 Å². The van der Waals surface area contributed by atoms with E-state index in [1.807, 2.05) is 11.3 Å². The van der Waals surface area contributed by atoms with Crippen molar-refractivity contribution in [1.29, 1.82) is 0 Å². The lowest BCUT2D eigenvalue weighted by atomic mass is 9.97. The molecule has 0 spiro atoms. The molecule has 0 saturated carbocycles. The number of oxime groups is 1. The molecule has 0 bridgehead atoms. The molecule has 0 saturated heterocycles. The maximum atomic E-state index is 8.74. The Labute approximate surface area is 75.5 Å². The minimum atomic E-state index is 0.862. The van der Waals surface area contributed by atoms with Crippen LogP contribution in [0, 0.1) is 6.92 Å². The predicted octanol–water partition coefficient (Wildman–Crippen LogP) is 2.57. The number of fused-ring (bicyclic) bond motifs is 1. The van der Waals surface area contributed by atoms with E-state index < -0.39 is 0 Å². The zero-order chi connectivity index (χ0) is 8.55. The molecular weight excluding hydrogens is 170 g/mol. The van der Waals surface area contributed by atoms with Crippen molar-refractivity contribution < 1.29 is 5.21 Å². The van der Waals surface area contributed by atoms with Gasteiger partial charge in [0.25, 0.3) is 0 Å². The lowest BCUT2D eigenvalue weighted by molar-refractivity contribution is 0.317. The third kappa shape index (κ3) is 1.14. The van der Waals surface area contributed by atoms with Crippen LogP contribution in [0.4, 0.5) is 0 Å². The van der Waals surface area contributed by atoms with Crippen molar-refractivity contribution in [2.45, 2.75) is 26.2 Å². The molecule has 0 aliphatic heterocycles. The first kappa shape index (κ1) is 7.80. The third-order valence-electron chi connectivity index (χ3n) is 2.18. The number of nitrogens with zero attached hydrogens (tertiary/aromatic N) is 1. The fourth-order valence-corrected chi connectivity index (χ4v) is 2.75. The first-order chi connectivity index (χ1) is 5.81. The van der Waals surface area contributed by atoms with Crippen LogP contribution < -0.4 is 0 Å². The summed E-state index contributed by atoms with van der Waals surface area (Å²) < 4.78 is 0. The second-order valence-corrected chi connectivity index (χ2v) is 4.44. The van der Waals surface area contributed by atoms with E-state index in [0.717, 1.165) is 25.0 Å². The highest BCUT2D eigenvalue weighted by Crippen LogP contribution is 2.29. The van der Waals surface area contributed by atoms with Crippen molar-refractivity contribution in [2.24, 2.45) is 5.16 Å². The lowest BCUT2D eigenvalue weighted by Gasteiger charge is -2.10. The molecule has 1 aliphatic rings. The normalized spacial score (nSPS) is 19.6. The second kappa shape index (κ2) is 2.90. The Balaban J connectivity index is 2.50. The first-order valence-electron chi connectivity index (χ1n) is 4.12. The van der Waals surface area contributed by atoms with Gasteiger partial charge in [0.2, 0.25) is 0 Å². The molecule has 0 radical (unpaired) electrons. The molecule has 0 aromatic carbocycles. The molecule has 1 aliphatic carbocycles. The molecule has 3 heteroatoms. The van der Waals surface area contributed by atoms with E-state index >= 15 is 0 Å². The van der Waals surface area contributed by atoms with E-state index in [0.29, 0.717) is 0 Å². The number of thiophene rings is 1. The zero-order valence-corrected chi connectivity index (χ0v) is 7.82. The largest absolute Gasteiger partial charge is 0.411 e. The van der Waals surface area contributed by atoms with Gasteiger partial charge < -0.3 is 5.21 Å². The first-order valence-corrected chi connectivity index (χ1v) is 4.93. The minimum Gasteiger partial charge on any atom is -0.411 e. The van der Waals surface area contributed by atoms with Crippen LogP contribution >= 0.6 is 11.3 Å². The quantitative estimate of drug-likeness (QED) is 0.484. The highest BCUT2D eigenvalue weighted by atomic mass is 32.1. The fraction of sp³-hybridized carbons (Fsp3) is 0.444. The van der Waals surface area contributed by atoms with Crippen LogP contribution in [-0.4, -0.2) is 10.9 Å². The van der Waals surface area contributed by atoms with Gasteiger partial charge >= 0.3 is 0 Å². The Bertz CT molecular complexity index is 327. The molecule has 1 aromatic rings. The van der Waals surface area contributed by atoms with E-state index in [4.69, 9.17) is 5.21 Å². The van der Waals surface area contributed by atoms with Gasteiger partial charge in [-0.15, -0.1) is 11.3 Å². The summed E-state index contributed by atoms with van der Waals surface area (Å²) in [5.74, 6) is 0. The molecule has 0 amide bonds. The van der Waals surface area contributed by atoms with E-state index in [1.54, 1.807) is 0 Å². The van der Waals surface area contributed by atoms with Gasteiger partial charge in [-0.25, -0.2) is 0 Å². The minimum absolute atomic E-state index is 0.862. The van der Waals surface area contributed by atoms with Crippen molar-refractivity contribution >= 4 is 17.0 Å². The van der Waals surface area contributed by atoms with Gasteiger partial charge in [-0.05, 0) is 32.3 Å². The third-order valence-corrected chi connectivity index (χ3v) is 3.29. The monoisotopic (exact) mass is 181 g/mol. The van der Waals surface area contributed by atoms with Crippen molar-refractivity contribution in [1.82, 2.24) is 0 Å². The molecule has 0 atom stereocenters. The summed E-state index contributed by atoms with van der Waals surface area (Å²) in [4.78, 5) is 2.69. The average Bonchev–Trinajstić information content (AvgIpc) is 2.44. The van der Waals surface area contributed by atoms with Crippen LogP contribution in [-0.2, 0) is 6.42 Å². The van der Waals surface area contributed by atoms with Gasteiger partial charge in [0.15, 0.2) is 0 Å². The van der Waals surface area contributed by atoms with Gasteiger partial charge in [-0.3, -0.25) is 0 Å². The maximum absolute atomic E-state index is 8.74. The summed E-state index contributed by atoms with van der Waals surface area (Å²) in [6, 6.07) is 2.12. The molecule has 2 rings (SSSR count). The van der Waals surface area contributed by atoms with Crippen LogP contribution in [0.1, 0.15) is 28.2 Å². The highest BCUT2D eigenvalue weighted by Gasteiger charge is 2.17. The van der Waals surface area contributed by atoms with E-state index in [9.17, 15) is 0 Å². The van der Waals surface area contributed by atoms with E-state index in [2.05, 4.69) is 18.1 Å². The molecular formula is C9H11NOS. The Kier molecular flexibility index (Phi) is 1.89. The van der Waals surface area contributed by atoms with Crippen molar-refractivity contribution in [3.63, 3.8) is 0 Å². The van der Waals surface area contributed by atoms with E-state index in [-0.39, 0.29) is 0 Å². The van der Waals surface area contributed by atoms with Gasteiger partial charge in [-0.1, -0.05) is 5.16 Å². The average molecular weight is 181 g/mol. The molecule has 1 N–H and O–H groups in total. The van der Waals surface area contributed by atoms with Gasteiger partial charge in [0.05, 0.1) is 5.71 Å². The second-order valence-electron chi connectivity index (χ2n) is 3.09. The van der Waals surface area contributed by atoms with Gasteiger partial charge in [-0.2, -0.15) is 0 Å². The summed E-state index contributed by atoms with van der Waals surface area (Å²) in [7, 11) is 0. The molecule has 12 heavy (non-hydrogen) atoms. The number of hydrogen-bond donors (Lipinski definition) is 1. The van der Waals surface area contributed by atoms with Crippen LogP contribution in [0.5, 0.6) is 0 Å². The molecule has 0 unspecified atom stereocenters. The Morgan fingerprint density at radius 3 is 3.08 bits per heavy atom. The summed E-state index contributed by atoms with van der Waals surface area (Å²) in [6.07, 6.45) is 3.18. The molecule has 2 nitrogen and oxygen atoms in total. The smallest absolute Gasteiger partial charge is 0.0879 e. The van der Waals surface area contributed by atoms with E-state index in [1.165, 1.54) is 15.3 Å². The molecule has 0 fully saturated rings. The fourth-order valence-electron chi connectivity index (χ4n) is 1.65. The van der Waals surface area contributed by atoms with Crippen molar-refractivity contribution in [3.8, 4) is 0 Å². The molecule has 1 heterocycles. The van der Waals surface area contributed by atoms with Crippen molar-refractivity contribution in [2.75, 3.05) is 0 Å². The number of rotatable bonds is 0. The number of hydrogen-bond acceptors (Lipinski definition) is 3. The van der Waals surface area contributed by atoms with Gasteiger partial charge in [0.1, 0.15) is 0 Å². The zero-order valence-electron chi connectivity index (χ0n) is 7.00. The Morgan fingerprint density at radius 2 is 2.33 bits per heavy atom.